The van der Waals surface area contributed by atoms with Gasteiger partial charge in [0.2, 0.25) is 11.8 Å². The van der Waals surface area contributed by atoms with E-state index in [1.807, 2.05) is 13.8 Å². The summed E-state index contributed by atoms with van der Waals surface area (Å²) < 4.78 is 7.13. The van der Waals surface area contributed by atoms with Gasteiger partial charge in [0, 0.05) is 26.0 Å². The molecule has 0 saturated heterocycles. The lowest BCUT2D eigenvalue weighted by molar-refractivity contribution is -0.127. The first kappa shape index (κ1) is 22.7. The fourth-order valence-corrected chi connectivity index (χ4v) is 2.11. The maximum Gasteiger partial charge on any atom is 0.239 e. The lowest BCUT2D eigenvalue weighted by Crippen LogP contribution is -2.38. The summed E-state index contributed by atoms with van der Waals surface area (Å²) in [4.78, 5) is 33.8. The first-order valence-corrected chi connectivity index (χ1v) is 8.87. The molecule has 0 fully saturated rings. The summed E-state index contributed by atoms with van der Waals surface area (Å²) in [5, 5.41) is 22.2. The number of rotatable bonds is 13. The smallest absolute Gasteiger partial charge is 0.239 e. The van der Waals surface area contributed by atoms with Crippen molar-refractivity contribution in [1.29, 1.82) is 0 Å². The predicted molar refractivity (Wildman–Crippen MR) is 96.6 cm³/mol. The molecular weight excluding hydrogens is 354 g/mol. The maximum absolute atomic E-state index is 11.6. The van der Waals surface area contributed by atoms with Crippen molar-refractivity contribution in [3.05, 3.63) is 11.9 Å². The van der Waals surface area contributed by atoms with Crippen LogP contribution in [0.15, 0.2) is 6.20 Å². The third-order valence-corrected chi connectivity index (χ3v) is 3.85. The van der Waals surface area contributed by atoms with E-state index in [0.717, 1.165) is 0 Å². The Balaban J connectivity index is 2.16. The van der Waals surface area contributed by atoms with E-state index < -0.39 is 0 Å². The highest BCUT2D eigenvalue weighted by molar-refractivity contribution is 5.87. The van der Waals surface area contributed by atoms with Crippen molar-refractivity contribution < 1.29 is 24.2 Å². The predicted octanol–water partition coefficient (Wildman–Crippen LogP) is -0.486. The van der Waals surface area contributed by atoms with Crippen LogP contribution in [0, 0.1) is 0 Å². The average molecular weight is 383 g/mol. The topological polar surface area (TPSA) is 135 Å². The minimum absolute atomic E-state index is 0.0651. The highest BCUT2D eigenvalue weighted by Crippen LogP contribution is 2.17. The number of Topliss-reactive ketones (excluding diaryl/α,β-unsaturated/α-hetero) is 1. The molecule has 1 rings (SSSR count). The van der Waals surface area contributed by atoms with E-state index in [4.69, 9.17) is 9.84 Å². The van der Waals surface area contributed by atoms with Crippen molar-refractivity contribution >= 4 is 17.6 Å². The molecule has 152 valence electrons. The number of hydrogen-bond acceptors (Lipinski definition) is 7. The summed E-state index contributed by atoms with van der Waals surface area (Å²) in [7, 11) is 0. The first-order valence-electron chi connectivity index (χ1n) is 8.87. The van der Waals surface area contributed by atoms with Crippen LogP contribution in [0.5, 0.6) is 0 Å². The number of nitrogens with one attached hydrogen (secondary N) is 2. The summed E-state index contributed by atoms with van der Waals surface area (Å²) in [5.41, 5.74) is 0.327. The molecule has 0 bridgehead atoms. The van der Waals surface area contributed by atoms with Crippen molar-refractivity contribution in [3.8, 4) is 0 Å². The number of carbonyl (C=O) groups excluding carboxylic acids is 3. The van der Waals surface area contributed by atoms with Crippen LogP contribution < -0.4 is 10.6 Å². The zero-order valence-electron chi connectivity index (χ0n) is 16.2. The average Bonchev–Trinajstić information content (AvgIpc) is 3.07. The molecule has 1 aromatic heterocycles. The molecule has 1 heterocycles. The summed E-state index contributed by atoms with van der Waals surface area (Å²) >= 11 is 0. The summed E-state index contributed by atoms with van der Waals surface area (Å²) in [6, 6.07) is 0. The van der Waals surface area contributed by atoms with Gasteiger partial charge in [-0.2, -0.15) is 0 Å². The number of nitrogens with zero attached hydrogens (tertiary/aromatic N) is 3. The largest absolute Gasteiger partial charge is 0.396 e. The van der Waals surface area contributed by atoms with E-state index in [2.05, 4.69) is 20.9 Å². The highest BCUT2D eigenvalue weighted by atomic mass is 16.5. The van der Waals surface area contributed by atoms with Crippen LogP contribution in [0.2, 0.25) is 0 Å². The van der Waals surface area contributed by atoms with Crippen LogP contribution in [0.4, 0.5) is 0 Å². The SMILES string of the molecule is CC(=O)CCC(=O)NCC(=O)NCCOCc1cn(C(C)(C)CCO)nn1. The Hall–Kier alpha value is -2.33. The van der Waals surface area contributed by atoms with Gasteiger partial charge in [-0.15, -0.1) is 5.10 Å². The fourth-order valence-electron chi connectivity index (χ4n) is 2.11. The molecule has 3 N–H and O–H groups in total. The van der Waals surface area contributed by atoms with Crippen molar-refractivity contribution in [3.63, 3.8) is 0 Å². The van der Waals surface area contributed by atoms with E-state index in [1.54, 1.807) is 10.9 Å². The van der Waals surface area contributed by atoms with Gasteiger partial charge >= 0.3 is 0 Å². The zero-order chi connectivity index (χ0) is 20.3. The van der Waals surface area contributed by atoms with Gasteiger partial charge in [0.15, 0.2) is 0 Å². The van der Waals surface area contributed by atoms with Gasteiger partial charge in [-0.05, 0) is 27.2 Å². The molecule has 27 heavy (non-hydrogen) atoms. The molecule has 0 spiro atoms. The molecule has 2 amide bonds. The Morgan fingerprint density at radius 3 is 2.63 bits per heavy atom. The van der Waals surface area contributed by atoms with Gasteiger partial charge in [-0.1, -0.05) is 5.21 Å². The van der Waals surface area contributed by atoms with Crippen LogP contribution >= 0.6 is 0 Å². The van der Waals surface area contributed by atoms with Gasteiger partial charge < -0.3 is 25.3 Å². The van der Waals surface area contributed by atoms with Gasteiger partial charge in [0.05, 0.1) is 31.5 Å². The lowest BCUT2D eigenvalue weighted by atomic mass is 10.0. The molecule has 0 aliphatic carbocycles. The second-order valence-corrected chi connectivity index (χ2v) is 6.82. The van der Waals surface area contributed by atoms with E-state index in [-0.39, 0.29) is 62.3 Å². The number of ketones is 1. The lowest BCUT2D eigenvalue weighted by Gasteiger charge is -2.23. The second-order valence-electron chi connectivity index (χ2n) is 6.82. The summed E-state index contributed by atoms with van der Waals surface area (Å²) in [6.45, 7) is 6.10. The van der Waals surface area contributed by atoms with Crippen molar-refractivity contribution in [1.82, 2.24) is 25.6 Å². The molecule has 0 aliphatic rings. The molecule has 0 atom stereocenters. The normalized spacial score (nSPS) is 11.3. The van der Waals surface area contributed by atoms with Crippen LogP contribution in [0.25, 0.3) is 0 Å². The number of ether oxygens (including phenoxy) is 1. The molecule has 0 aromatic carbocycles. The van der Waals surface area contributed by atoms with Crippen molar-refractivity contribution in [2.24, 2.45) is 0 Å². The fraction of sp³-hybridized carbons (Fsp3) is 0.706. The Morgan fingerprint density at radius 2 is 1.96 bits per heavy atom. The van der Waals surface area contributed by atoms with E-state index >= 15 is 0 Å². The maximum atomic E-state index is 11.6. The Bertz CT molecular complexity index is 629. The van der Waals surface area contributed by atoms with Crippen molar-refractivity contribution in [2.45, 2.75) is 52.2 Å². The standard InChI is InChI=1S/C17H29N5O5/c1-13(24)4-5-15(25)19-10-16(26)18-7-9-27-12-14-11-22(21-20-14)17(2,3)6-8-23/h11,23H,4-10,12H2,1-3H3,(H,18,26)(H,19,25). The van der Waals surface area contributed by atoms with Crippen LogP contribution in [-0.2, 0) is 31.3 Å². The molecule has 0 saturated carbocycles. The van der Waals surface area contributed by atoms with E-state index in [1.165, 1.54) is 6.92 Å². The Morgan fingerprint density at radius 1 is 1.22 bits per heavy atom. The minimum atomic E-state index is -0.331. The molecule has 0 aliphatic heterocycles. The third kappa shape index (κ3) is 9.25. The monoisotopic (exact) mass is 383 g/mol. The summed E-state index contributed by atoms with van der Waals surface area (Å²) in [6.07, 6.45) is 2.59. The van der Waals surface area contributed by atoms with E-state index in [0.29, 0.717) is 18.7 Å². The van der Waals surface area contributed by atoms with Crippen LogP contribution in [-0.4, -0.2) is 64.0 Å². The van der Waals surface area contributed by atoms with Gasteiger partial charge in [0.25, 0.3) is 0 Å². The van der Waals surface area contributed by atoms with Gasteiger partial charge in [-0.3, -0.25) is 9.59 Å². The quantitative estimate of drug-likeness (QED) is 0.391. The van der Waals surface area contributed by atoms with Crippen LogP contribution in [0.3, 0.4) is 0 Å². The van der Waals surface area contributed by atoms with Crippen molar-refractivity contribution in [2.75, 3.05) is 26.3 Å². The Kier molecular flexibility index (Phi) is 9.59. The number of aromatic nitrogens is 3. The zero-order valence-corrected chi connectivity index (χ0v) is 16.2. The third-order valence-electron chi connectivity index (χ3n) is 3.85. The van der Waals surface area contributed by atoms with Gasteiger partial charge in [-0.25, -0.2) is 4.68 Å². The van der Waals surface area contributed by atoms with Gasteiger partial charge in [0.1, 0.15) is 11.5 Å². The molecule has 0 unspecified atom stereocenters. The number of aliphatic hydroxyl groups excluding tert-OH is 1. The Labute approximate surface area is 158 Å². The molecule has 0 radical (unpaired) electrons. The number of aliphatic hydroxyl groups is 1. The molecule has 10 nitrogen and oxygen atoms in total. The molecular formula is C17H29N5O5. The number of carbonyl (C=O) groups is 3. The van der Waals surface area contributed by atoms with E-state index in [9.17, 15) is 14.4 Å². The minimum Gasteiger partial charge on any atom is -0.396 e. The molecule has 1 aromatic rings. The first-order chi connectivity index (χ1) is 12.7. The second kappa shape index (κ2) is 11.4. The van der Waals surface area contributed by atoms with Crippen LogP contribution in [0.1, 0.15) is 45.7 Å². The summed E-state index contributed by atoms with van der Waals surface area (Å²) in [5.74, 6) is -0.723. The number of amides is 2. The molecule has 10 heteroatoms. The highest BCUT2D eigenvalue weighted by Gasteiger charge is 2.21. The number of hydrogen-bond donors (Lipinski definition) is 3.